The Morgan fingerprint density at radius 2 is 2.26 bits per heavy atom. The fraction of sp³-hybridized carbons (Fsp3) is 0.500. The molecule has 1 fully saturated rings. The summed E-state index contributed by atoms with van der Waals surface area (Å²) < 4.78 is 5.33. The Morgan fingerprint density at radius 3 is 2.84 bits per heavy atom. The summed E-state index contributed by atoms with van der Waals surface area (Å²) in [5.74, 6) is 0.0362. The summed E-state index contributed by atoms with van der Waals surface area (Å²) in [6, 6.07) is 6.03. The molecule has 1 aromatic rings. The number of rotatable bonds is 7. The first-order valence-electron chi connectivity index (χ1n) is 6.38. The lowest BCUT2D eigenvalue weighted by molar-refractivity contribution is -0.137. The molecule has 4 nitrogen and oxygen atoms in total. The molecule has 1 aliphatic rings. The smallest absolute Gasteiger partial charge is 0.304 e. The number of aliphatic carboxylic acids is 1. The molecule has 0 saturated heterocycles. The standard InChI is InChI=1S/C14H18ClNO3/c1-19-13-5-2-11(15)8-10(13)9-16(12-3-4-12)7-6-14(17)18/h2,5,8,12H,3-4,6-7,9H2,1H3,(H,17,18). The summed E-state index contributed by atoms with van der Waals surface area (Å²) in [4.78, 5) is 12.9. The molecule has 1 N–H and O–H groups in total. The number of halogens is 1. The number of carboxylic acid groups (broad SMARTS) is 1. The molecule has 2 rings (SSSR count). The maximum Gasteiger partial charge on any atom is 0.304 e. The fourth-order valence-corrected chi connectivity index (χ4v) is 2.35. The highest BCUT2D eigenvalue weighted by molar-refractivity contribution is 6.30. The summed E-state index contributed by atoms with van der Waals surface area (Å²) in [6.45, 7) is 1.25. The molecule has 0 aromatic heterocycles. The van der Waals surface area contributed by atoms with Crippen molar-refractivity contribution in [1.82, 2.24) is 4.90 Å². The molecule has 0 heterocycles. The maximum atomic E-state index is 10.7. The van der Waals surface area contributed by atoms with E-state index in [0.29, 0.717) is 24.2 Å². The van der Waals surface area contributed by atoms with Gasteiger partial charge in [0.2, 0.25) is 0 Å². The molecule has 0 aliphatic heterocycles. The average Bonchev–Trinajstić information content (AvgIpc) is 3.18. The molecule has 0 unspecified atom stereocenters. The second-order valence-electron chi connectivity index (χ2n) is 4.80. The lowest BCUT2D eigenvalue weighted by atomic mass is 10.1. The molecule has 1 saturated carbocycles. The SMILES string of the molecule is COc1ccc(Cl)cc1CN(CCC(=O)O)C1CC1. The zero-order valence-corrected chi connectivity index (χ0v) is 11.7. The Balaban J connectivity index is 2.07. The monoisotopic (exact) mass is 283 g/mol. The van der Waals surface area contributed by atoms with Crippen molar-refractivity contribution >= 4 is 17.6 Å². The number of carboxylic acids is 1. The van der Waals surface area contributed by atoms with Crippen LogP contribution >= 0.6 is 11.6 Å². The third-order valence-electron chi connectivity index (χ3n) is 3.29. The van der Waals surface area contributed by atoms with E-state index in [1.165, 1.54) is 0 Å². The average molecular weight is 284 g/mol. The highest BCUT2D eigenvalue weighted by Crippen LogP contribution is 2.31. The predicted molar refractivity (Wildman–Crippen MR) is 73.7 cm³/mol. The minimum absolute atomic E-state index is 0.166. The van der Waals surface area contributed by atoms with Crippen LogP contribution in [0, 0.1) is 0 Å². The van der Waals surface area contributed by atoms with Gasteiger partial charge in [0.15, 0.2) is 0 Å². The number of nitrogens with zero attached hydrogens (tertiary/aromatic N) is 1. The van der Waals surface area contributed by atoms with Crippen LogP contribution in [-0.4, -0.2) is 35.7 Å². The minimum Gasteiger partial charge on any atom is -0.496 e. The second-order valence-corrected chi connectivity index (χ2v) is 5.24. The van der Waals surface area contributed by atoms with E-state index in [0.717, 1.165) is 24.2 Å². The molecule has 1 aliphatic carbocycles. The Hall–Kier alpha value is -1.26. The molecule has 0 amide bonds. The first kappa shape index (κ1) is 14.2. The highest BCUT2D eigenvalue weighted by atomic mass is 35.5. The van der Waals surface area contributed by atoms with Crippen molar-refractivity contribution in [1.29, 1.82) is 0 Å². The van der Waals surface area contributed by atoms with Crippen molar-refractivity contribution < 1.29 is 14.6 Å². The van der Waals surface area contributed by atoms with Gasteiger partial charge in [0.05, 0.1) is 13.5 Å². The zero-order chi connectivity index (χ0) is 13.8. The topological polar surface area (TPSA) is 49.8 Å². The van der Waals surface area contributed by atoms with Crippen LogP contribution in [-0.2, 0) is 11.3 Å². The Morgan fingerprint density at radius 1 is 1.53 bits per heavy atom. The van der Waals surface area contributed by atoms with E-state index in [1.807, 2.05) is 12.1 Å². The summed E-state index contributed by atoms with van der Waals surface area (Å²) >= 11 is 6.01. The maximum absolute atomic E-state index is 10.7. The molecule has 0 spiro atoms. The van der Waals surface area contributed by atoms with Gasteiger partial charge in [-0.15, -0.1) is 0 Å². The van der Waals surface area contributed by atoms with Gasteiger partial charge in [-0.25, -0.2) is 0 Å². The summed E-state index contributed by atoms with van der Waals surface area (Å²) in [5, 5.41) is 9.47. The van der Waals surface area contributed by atoms with Gasteiger partial charge < -0.3 is 9.84 Å². The van der Waals surface area contributed by atoms with Crippen LogP contribution in [0.25, 0.3) is 0 Å². The van der Waals surface area contributed by atoms with E-state index in [-0.39, 0.29) is 6.42 Å². The van der Waals surface area contributed by atoms with E-state index in [9.17, 15) is 4.79 Å². The third kappa shape index (κ3) is 4.11. The molecular weight excluding hydrogens is 266 g/mol. The Kier molecular flexibility index (Phi) is 4.66. The van der Waals surface area contributed by atoms with Crippen LogP contribution in [0.1, 0.15) is 24.8 Å². The van der Waals surface area contributed by atoms with Crippen molar-refractivity contribution in [3.63, 3.8) is 0 Å². The van der Waals surface area contributed by atoms with Crippen LogP contribution in [0.5, 0.6) is 5.75 Å². The summed E-state index contributed by atoms with van der Waals surface area (Å²) in [6.07, 6.45) is 2.45. The van der Waals surface area contributed by atoms with Crippen molar-refractivity contribution in [2.45, 2.75) is 31.8 Å². The van der Waals surface area contributed by atoms with Crippen molar-refractivity contribution in [3.8, 4) is 5.75 Å². The van der Waals surface area contributed by atoms with Crippen LogP contribution in [0.2, 0.25) is 5.02 Å². The van der Waals surface area contributed by atoms with Crippen LogP contribution < -0.4 is 4.74 Å². The number of hydrogen-bond donors (Lipinski definition) is 1. The quantitative estimate of drug-likeness (QED) is 0.836. The molecule has 0 bridgehead atoms. The number of carbonyl (C=O) groups is 1. The van der Waals surface area contributed by atoms with Gasteiger partial charge in [0, 0.05) is 29.7 Å². The predicted octanol–water partition coefficient (Wildman–Crippen LogP) is 2.79. The molecule has 0 radical (unpaired) electrons. The largest absolute Gasteiger partial charge is 0.496 e. The van der Waals surface area contributed by atoms with Crippen molar-refractivity contribution in [2.75, 3.05) is 13.7 Å². The highest BCUT2D eigenvalue weighted by Gasteiger charge is 2.29. The van der Waals surface area contributed by atoms with Gasteiger partial charge in [0.1, 0.15) is 5.75 Å². The van der Waals surface area contributed by atoms with Gasteiger partial charge in [-0.3, -0.25) is 9.69 Å². The molecule has 5 heteroatoms. The third-order valence-corrected chi connectivity index (χ3v) is 3.53. The van der Waals surface area contributed by atoms with E-state index >= 15 is 0 Å². The van der Waals surface area contributed by atoms with E-state index in [4.69, 9.17) is 21.4 Å². The lowest BCUT2D eigenvalue weighted by Crippen LogP contribution is -2.28. The first-order chi connectivity index (χ1) is 9.10. The van der Waals surface area contributed by atoms with Gasteiger partial charge in [-0.1, -0.05) is 11.6 Å². The number of benzene rings is 1. The molecule has 104 valence electrons. The van der Waals surface area contributed by atoms with E-state index in [2.05, 4.69) is 4.90 Å². The zero-order valence-electron chi connectivity index (χ0n) is 10.9. The van der Waals surface area contributed by atoms with Gasteiger partial charge in [0.25, 0.3) is 0 Å². The van der Waals surface area contributed by atoms with E-state index < -0.39 is 5.97 Å². The normalized spacial score (nSPS) is 14.7. The second kappa shape index (κ2) is 6.26. The van der Waals surface area contributed by atoms with Crippen molar-refractivity contribution in [3.05, 3.63) is 28.8 Å². The number of hydrogen-bond acceptors (Lipinski definition) is 3. The summed E-state index contributed by atoms with van der Waals surface area (Å²) in [5.41, 5.74) is 1.01. The fourth-order valence-electron chi connectivity index (χ4n) is 2.16. The van der Waals surface area contributed by atoms with Gasteiger partial charge in [-0.2, -0.15) is 0 Å². The molecule has 0 atom stereocenters. The van der Waals surface area contributed by atoms with Crippen LogP contribution in [0.4, 0.5) is 0 Å². The molecular formula is C14H18ClNO3. The number of ether oxygens (including phenoxy) is 1. The van der Waals surface area contributed by atoms with Gasteiger partial charge >= 0.3 is 5.97 Å². The van der Waals surface area contributed by atoms with Crippen LogP contribution in [0.3, 0.4) is 0 Å². The van der Waals surface area contributed by atoms with E-state index in [1.54, 1.807) is 13.2 Å². The van der Waals surface area contributed by atoms with Crippen molar-refractivity contribution in [2.24, 2.45) is 0 Å². The number of methoxy groups -OCH3 is 1. The Labute approximate surface area is 117 Å². The molecule has 19 heavy (non-hydrogen) atoms. The Bertz CT molecular complexity index is 460. The first-order valence-corrected chi connectivity index (χ1v) is 6.76. The van der Waals surface area contributed by atoms with Crippen LogP contribution in [0.15, 0.2) is 18.2 Å². The molecule has 1 aromatic carbocycles. The summed E-state index contributed by atoms with van der Waals surface area (Å²) in [7, 11) is 1.63. The minimum atomic E-state index is -0.760. The van der Waals surface area contributed by atoms with Gasteiger partial charge in [-0.05, 0) is 31.0 Å². The lowest BCUT2D eigenvalue weighted by Gasteiger charge is -2.22.